The monoisotopic (exact) mass is 266 g/mol. The molecule has 0 saturated heterocycles. The van der Waals surface area contributed by atoms with E-state index in [0.29, 0.717) is 5.69 Å². The molecule has 0 saturated carbocycles. The predicted octanol–water partition coefficient (Wildman–Crippen LogP) is 4.13. The number of anilines is 2. The van der Waals surface area contributed by atoms with Gasteiger partial charge in [0.05, 0.1) is 4.92 Å². The normalized spacial score (nSPS) is 10.1. The molecule has 4 nitrogen and oxygen atoms in total. The SMILES string of the molecule is O=[N+]([O-])c1cc(Cl)ccc1Nc1cccc(F)c1. The van der Waals surface area contributed by atoms with Crippen LogP contribution in [0.1, 0.15) is 0 Å². The van der Waals surface area contributed by atoms with Gasteiger partial charge < -0.3 is 5.32 Å². The molecule has 0 amide bonds. The lowest BCUT2D eigenvalue weighted by molar-refractivity contribution is -0.383. The lowest BCUT2D eigenvalue weighted by atomic mass is 10.2. The van der Waals surface area contributed by atoms with Gasteiger partial charge in [-0.25, -0.2) is 4.39 Å². The van der Waals surface area contributed by atoms with Crippen molar-refractivity contribution >= 4 is 28.7 Å². The van der Waals surface area contributed by atoms with Gasteiger partial charge in [0.1, 0.15) is 11.5 Å². The van der Waals surface area contributed by atoms with Crippen molar-refractivity contribution in [3.8, 4) is 0 Å². The number of nitrogens with one attached hydrogen (secondary N) is 1. The minimum atomic E-state index is -0.548. The van der Waals surface area contributed by atoms with E-state index in [1.807, 2.05) is 0 Å². The average Bonchev–Trinajstić information content (AvgIpc) is 2.31. The van der Waals surface area contributed by atoms with Gasteiger partial charge in [-0.2, -0.15) is 0 Å². The van der Waals surface area contributed by atoms with E-state index in [9.17, 15) is 14.5 Å². The van der Waals surface area contributed by atoms with Crippen molar-refractivity contribution < 1.29 is 9.31 Å². The summed E-state index contributed by atoms with van der Waals surface area (Å²) in [7, 11) is 0. The third kappa shape index (κ3) is 2.75. The van der Waals surface area contributed by atoms with E-state index in [1.165, 1.54) is 36.4 Å². The van der Waals surface area contributed by atoms with Crippen LogP contribution in [0.25, 0.3) is 0 Å². The van der Waals surface area contributed by atoms with Crippen molar-refractivity contribution in [2.75, 3.05) is 5.32 Å². The number of hydrogen-bond acceptors (Lipinski definition) is 3. The third-order valence-electron chi connectivity index (χ3n) is 2.26. The third-order valence-corrected chi connectivity index (χ3v) is 2.50. The molecule has 0 aliphatic carbocycles. The number of hydrogen-bond donors (Lipinski definition) is 1. The van der Waals surface area contributed by atoms with E-state index in [0.717, 1.165) is 0 Å². The fraction of sp³-hybridized carbons (Fsp3) is 0. The highest BCUT2D eigenvalue weighted by molar-refractivity contribution is 6.30. The number of rotatable bonds is 3. The van der Waals surface area contributed by atoms with E-state index < -0.39 is 10.7 Å². The fourth-order valence-electron chi connectivity index (χ4n) is 1.48. The zero-order valence-electron chi connectivity index (χ0n) is 9.06. The first-order chi connectivity index (χ1) is 8.56. The summed E-state index contributed by atoms with van der Waals surface area (Å²) < 4.78 is 13.0. The Bertz CT molecular complexity index is 604. The Kier molecular flexibility index (Phi) is 3.43. The second kappa shape index (κ2) is 5.01. The molecule has 2 aromatic rings. The van der Waals surface area contributed by atoms with Crippen LogP contribution in [-0.2, 0) is 0 Å². The lowest BCUT2D eigenvalue weighted by Crippen LogP contribution is -1.97. The van der Waals surface area contributed by atoms with Crippen LogP contribution in [0.5, 0.6) is 0 Å². The Morgan fingerprint density at radius 1 is 1.22 bits per heavy atom. The van der Waals surface area contributed by atoms with Crippen molar-refractivity contribution in [2.45, 2.75) is 0 Å². The Morgan fingerprint density at radius 2 is 2.00 bits per heavy atom. The highest BCUT2D eigenvalue weighted by atomic mass is 35.5. The number of benzene rings is 2. The lowest BCUT2D eigenvalue weighted by Gasteiger charge is -2.07. The quantitative estimate of drug-likeness (QED) is 0.671. The first kappa shape index (κ1) is 12.3. The molecular formula is C12H8ClFN2O2. The molecule has 0 bridgehead atoms. The Morgan fingerprint density at radius 3 is 2.67 bits per heavy atom. The van der Waals surface area contributed by atoms with Crippen LogP contribution < -0.4 is 5.32 Å². The molecular weight excluding hydrogens is 259 g/mol. The minimum absolute atomic E-state index is 0.160. The fourth-order valence-corrected chi connectivity index (χ4v) is 1.65. The summed E-state index contributed by atoms with van der Waals surface area (Å²) in [6.07, 6.45) is 0. The zero-order chi connectivity index (χ0) is 13.1. The summed E-state index contributed by atoms with van der Waals surface area (Å²) in [5.41, 5.74) is 0.530. The maximum atomic E-state index is 13.0. The summed E-state index contributed by atoms with van der Waals surface area (Å²) in [6.45, 7) is 0. The molecule has 0 fully saturated rings. The van der Waals surface area contributed by atoms with Crippen molar-refractivity contribution in [2.24, 2.45) is 0 Å². The van der Waals surface area contributed by atoms with E-state index in [1.54, 1.807) is 6.07 Å². The molecule has 0 aliphatic heterocycles. The highest BCUT2D eigenvalue weighted by Gasteiger charge is 2.14. The molecule has 0 atom stereocenters. The van der Waals surface area contributed by atoms with E-state index >= 15 is 0 Å². The van der Waals surface area contributed by atoms with Gasteiger partial charge >= 0.3 is 0 Å². The first-order valence-electron chi connectivity index (χ1n) is 5.03. The number of nitro benzene ring substituents is 1. The molecule has 0 unspecified atom stereocenters. The predicted molar refractivity (Wildman–Crippen MR) is 67.8 cm³/mol. The number of halogens is 2. The first-order valence-corrected chi connectivity index (χ1v) is 5.40. The Hall–Kier alpha value is -2.14. The number of nitro groups is 1. The summed E-state index contributed by atoms with van der Waals surface area (Å²) in [6, 6.07) is 9.91. The number of nitrogens with zero attached hydrogens (tertiary/aromatic N) is 1. The minimum Gasteiger partial charge on any atom is -0.350 e. The van der Waals surface area contributed by atoms with Crippen LogP contribution in [0.3, 0.4) is 0 Å². The van der Waals surface area contributed by atoms with E-state index in [-0.39, 0.29) is 16.4 Å². The van der Waals surface area contributed by atoms with Gasteiger partial charge in [0.15, 0.2) is 0 Å². The molecule has 0 heterocycles. The molecule has 1 N–H and O–H groups in total. The van der Waals surface area contributed by atoms with Gasteiger partial charge in [0, 0.05) is 16.8 Å². The summed E-state index contributed by atoms with van der Waals surface area (Å²) >= 11 is 5.70. The largest absolute Gasteiger partial charge is 0.350 e. The second-order valence-corrected chi connectivity index (χ2v) is 3.99. The van der Waals surface area contributed by atoms with Gasteiger partial charge in [-0.3, -0.25) is 10.1 Å². The second-order valence-electron chi connectivity index (χ2n) is 3.55. The van der Waals surface area contributed by atoms with E-state index in [2.05, 4.69) is 5.32 Å². The Balaban J connectivity index is 2.37. The standard InChI is InChI=1S/C12H8ClFN2O2/c13-8-4-5-11(12(6-8)16(17)18)15-10-3-1-2-9(14)7-10/h1-7,15H. The molecule has 2 aromatic carbocycles. The van der Waals surface area contributed by atoms with Gasteiger partial charge in [-0.05, 0) is 30.3 Å². The molecule has 0 aromatic heterocycles. The van der Waals surface area contributed by atoms with Crippen LogP contribution in [0.2, 0.25) is 5.02 Å². The smallest absolute Gasteiger partial charge is 0.294 e. The van der Waals surface area contributed by atoms with Crippen molar-refractivity contribution in [3.63, 3.8) is 0 Å². The molecule has 6 heteroatoms. The van der Waals surface area contributed by atoms with E-state index in [4.69, 9.17) is 11.6 Å². The van der Waals surface area contributed by atoms with Gasteiger partial charge in [0.25, 0.3) is 5.69 Å². The topological polar surface area (TPSA) is 55.2 Å². The maximum absolute atomic E-state index is 13.0. The van der Waals surface area contributed by atoms with Gasteiger partial charge in [-0.1, -0.05) is 17.7 Å². The maximum Gasteiger partial charge on any atom is 0.294 e. The highest BCUT2D eigenvalue weighted by Crippen LogP contribution is 2.30. The molecule has 92 valence electrons. The summed E-state index contributed by atoms with van der Waals surface area (Å²) in [5, 5.41) is 13.9. The van der Waals surface area contributed by atoms with Crippen molar-refractivity contribution in [1.29, 1.82) is 0 Å². The molecule has 2 rings (SSSR count). The Labute approximate surface area is 107 Å². The molecule has 0 spiro atoms. The van der Waals surface area contributed by atoms with Crippen LogP contribution >= 0.6 is 11.6 Å². The van der Waals surface area contributed by atoms with Crippen molar-refractivity contribution in [1.82, 2.24) is 0 Å². The van der Waals surface area contributed by atoms with Gasteiger partial charge in [0.2, 0.25) is 0 Å². The van der Waals surface area contributed by atoms with Crippen LogP contribution in [0.15, 0.2) is 42.5 Å². The summed E-state index contributed by atoms with van der Waals surface area (Å²) in [4.78, 5) is 10.3. The zero-order valence-corrected chi connectivity index (χ0v) is 9.82. The summed E-state index contributed by atoms with van der Waals surface area (Å²) in [5.74, 6) is -0.420. The van der Waals surface area contributed by atoms with Crippen LogP contribution in [-0.4, -0.2) is 4.92 Å². The van der Waals surface area contributed by atoms with Crippen LogP contribution in [0, 0.1) is 15.9 Å². The molecule has 0 radical (unpaired) electrons. The molecule has 18 heavy (non-hydrogen) atoms. The van der Waals surface area contributed by atoms with Crippen molar-refractivity contribution in [3.05, 3.63) is 63.4 Å². The van der Waals surface area contributed by atoms with Crippen LogP contribution in [0.4, 0.5) is 21.5 Å². The van der Waals surface area contributed by atoms with Gasteiger partial charge in [-0.15, -0.1) is 0 Å². The molecule has 0 aliphatic rings. The average molecular weight is 267 g/mol.